The number of nitrogens with zero attached hydrogens (tertiary/aromatic N) is 3. The molecule has 98 valence electrons. The second-order valence-corrected chi connectivity index (χ2v) is 4.54. The minimum atomic E-state index is -0.0517. The van der Waals surface area contributed by atoms with Crippen LogP contribution < -0.4 is 5.32 Å². The zero-order chi connectivity index (χ0) is 13.1. The maximum Gasteiger partial charge on any atom is 0.284 e. The minimum Gasteiger partial charge on any atom is -0.414 e. The van der Waals surface area contributed by atoms with Gasteiger partial charge >= 0.3 is 0 Å². The van der Waals surface area contributed by atoms with Crippen LogP contribution in [0.3, 0.4) is 0 Å². The van der Waals surface area contributed by atoms with Gasteiger partial charge in [0.25, 0.3) is 5.89 Å². The van der Waals surface area contributed by atoms with Crippen LogP contribution >= 0.6 is 0 Å². The number of piperidine rings is 1. The molecule has 2 aromatic heterocycles. The number of pyridine rings is 1. The van der Waals surface area contributed by atoms with Crippen LogP contribution in [0, 0.1) is 5.92 Å². The Morgan fingerprint density at radius 2 is 2.16 bits per heavy atom. The fourth-order valence-corrected chi connectivity index (χ4v) is 2.19. The molecular formula is C13H14N4O2. The molecule has 0 atom stereocenters. The third-order valence-corrected chi connectivity index (χ3v) is 3.25. The number of rotatable bonds is 3. The first-order valence-electron chi connectivity index (χ1n) is 6.33. The normalized spacial score (nSPS) is 16.4. The van der Waals surface area contributed by atoms with Crippen molar-refractivity contribution in [2.45, 2.75) is 12.8 Å². The summed E-state index contributed by atoms with van der Waals surface area (Å²) in [5.74, 6) is 0.378. The molecule has 0 unspecified atom stereocenters. The number of carbonyl (C=O) groups is 1. The molecule has 1 aliphatic rings. The fourth-order valence-electron chi connectivity index (χ4n) is 2.19. The molecule has 1 N–H and O–H groups in total. The third kappa shape index (κ3) is 2.53. The molecule has 0 amide bonds. The summed E-state index contributed by atoms with van der Waals surface area (Å²) in [6.45, 7) is 1.72. The van der Waals surface area contributed by atoms with Crippen molar-refractivity contribution in [1.82, 2.24) is 20.5 Å². The summed E-state index contributed by atoms with van der Waals surface area (Å²) in [5, 5.41) is 11.0. The topological polar surface area (TPSA) is 80.9 Å². The quantitative estimate of drug-likeness (QED) is 0.836. The largest absolute Gasteiger partial charge is 0.414 e. The van der Waals surface area contributed by atoms with Crippen LogP contribution in [0.1, 0.15) is 23.5 Å². The van der Waals surface area contributed by atoms with Crippen molar-refractivity contribution in [2.24, 2.45) is 5.92 Å². The van der Waals surface area contributed by atoms with E-state index in [0.29, 0.717) is 5.89 Å². The van der Waals surface area contributed by atoms with Crippen LogP contribution in [0.5, 0.6) is 0 Å². The number of ketones is 1. The van der Waals surface area contributed by atoms with Crippen molar-refractivity contribution >= 4 is 5.78 Å². The highest BCUT2D eigenvalue weighted by molar-refractivity contribution is 5.93. The van der Waals surface area contributed by atoms with Gasteiger partial charge in [-0.1, -0.05) is 0 Å². The molecule has 0 spiro atoms. The van der Waals surface area contributed by atoms with Crippen LogP contribution in [-0.2, 0) is 0 Å². The summed E-state index contributed by atoms with van der Waals surface area (Å²) in [6, 6.07) is 3.60. The molecule has 19 heavy (non-hydrogen) atoms. The van der Waals surface area contributed by atoms with Crippen molar-refractivity contribution in [1.29, 1.82) is 0 Å². The number of Topliss-reactive ketones (excluding diaryl/α,β-unsaturated/α-hetero) is 1. The van der Waals surface area contributed by atoms with Gasteiger partial charge in [-0.05, 0) is 38.1 Å². The molecule has 3 rings (SSSR count). The van der Waals surface area contributed by atoms with E-state index in [9.17, 15) is 4.79 Å². The number of carbonyl (C=O) groups excluding carboxylic acids is 1. The van der Waals surface area contributed by atoms with Gasteiger partial charge in [0.15, 0.2) is 0 Å². The van der Waals surface area contributed by atoms with Gasteiger partial charge in [0.1, 0.15) is 0 Å². The first-order chi connectivity index (χ1) is 9.34. The molecule has 0 saturated carbocycles. The van der Waals surface area contributed by atoms with E-state index in [1.807, 2.05) is 6.07 Å². The Hall–Kier alpha value is -2.08. The molecule has 1 saturated heterocycles. The molecule has 1 fully saturated rings. The maximum absolute atomic E-state index is 12.2. The lowest BCUT2D eigenvalue weighted by atomic mass is 9.93. The van der Waals surface area contributed by atoms with Crippen molar-refractivity contribution in [3.8, 4) is 11.5 Å². The zero-order valence-electron chi connectivity index (χ0n) is 10.4. The Bertz CT molecular complexity index is 561. The summed E-state index contributed by atoms with van der Waals surface area (Å²) in [4.78, 5) is 16.2. The van der Waals surface area contributed by atoms with Crippen molar-refractivity contribution in [3.63, 3.8) is 0 Å². The number of nitrogens with one attached hydrogen (secondary N) is 1. The molecule has 0 radical (unpaired) electrons. The molecule has 2 aromatic rings. The van der Waals surface area contributed by atoms with Gasteiger partial charge in [0, 0.05) is 18.3 Å². The minimum absolute atomic E-state index is 0.0107. The summed E-state index contributed by atoms with van der Waals surface area (Å²) in [5.41, 5.74) is 0.722. The number of hydrogen-bond acceptors (Lipinski definition) is 6. The highest BCUT2D eigenvalue weighted by Crippen LogP contribution is 2.21. The summed E-state index contributed by atoms with van der Waals surface area (Å²) in [6.07, 6.45) is 4.94. The Balaban J connectivity index is 1.79. The molecule has 1 aliphatic heterocycles. The van der Waals surface area contributed by atoms with Gasteiger partial charge in [-0.25, -0.2) is 0 Å². The van der Waals surface area contributed by atoms with Gasteiger partial charge in [0.2, 0.25) is 11.7 Å². The summed E-state index contributed by atoms with van der Waals surface area (Å²) in [7, 11) is 0. The van der Waals surface area contributed by atoms with Crippen LogP contribution in [0.15, 0.2) is 28.9 Å². The van der Waals surface area contributed by atoms with Crippen LogP contribution in [0.4, 0.5) is 0 Å². The Morgan fingerprint density at radius 1 is 1.32 bits per heavy atom. The second-order valence-electron chi connectivity index (χ2n) is 4.54. The van der Waals surface area contributed by atoms with Gasteiger partial charge in [-0.2, -0.15) is 0 Å². The van der Waals surface area contributed by atoms with Crippen molar-refractivity contribution in [3.05, 3.63) is 30.4 Å². The smallest absolute Gasteiger partial charge is 0.284 e. The van der Waals surface area contributed by atoms with Gasteiger partial charge in [-0.15, -0.1) is 10.2 Å². The Morgan fingerprint density at radius 3 is 2.89 bits per heavy atom. The highest BCUT2D eigenvalue weighted by Gasteiger charge is 2.26. The SMILES string of the molecule is O=C(c1nnc(-c2cccnc2)o1)C1CCNCC1. The lowest BCUT2D eigenvalue weighted by molar-refractivity contribution is 0.0859. The maximum atomic E-state index is 12.2. The predicted octanol–water partition coefficient (Wildman–Crippen LogP) is 1.31. The third-order valence-electron chi connectivity index (χ3n) is 3.25. The average Bonchev–Trinajstić information content (AvgIpc) is 2.98. The molecule has 3 heterocycles. The predicted molar refractivity (Wildman–Crippen MR) is 67.5 cm³/mol. The van der Waals surface area contributed by atoms with E-state index in [4.69, 9.17) is 4.42 Å². The van der Waals surface area contributed by atoms with Crippen molar-refractivity contribution < 1.29 is 9.21 Å². The second kappa shape index (κ2) is 5.27. The van der Waals surface area contributed by atoms with Crippen LogP contribution in [0.2, 0.25) is 0 Å². The van der Waals surface area contributed by atoms with Crippen LogP contribution in [-0.4, -0.2) is 34.1 Å². The number of hydrogen-bond donors (Lipinski definition) is 1. The van der Waals surface area contributed by atoms with E-state index >= 15 is 0 Å². The van der Waals surface area contributed by atoms with E-state index in [1.54, 1.807) is 18.5 Å². The van der Waals surface area contributed by atoms with Crippen molar-refractivity contribution in [2.75, 3.05) is 13.1 Å². The summed E-state index contributed by atoms with van der Waals surface area (Å²) < 4.78 is 5.45. The fraction of sp³-hybridized carbons (Fsp3) is 0.385. The van der Waals surface area contributed by atoms with E-state index < -0.39 is 0 Å². The Kier molecular flexibility index (Phi) is 3.33. The molecule has 0 bridgehead atoms. The zero-order valence-corrected chi connectivity index (χ0v) is 10.4. The average molecular weight is 258 g/mol. The van der Waals surface area contributed by atoms with E-state index in [2.05, 4.69) is 20.5 Å². The summed E-state index contributed by atoms with van der Waals surface area (Å²) >= 11 is 0. The van der Waals surface area contributed by atoms with E-state index in [1.165, 1.54) is 0 Å². The number of aromatic nitrogens is 3. The van der Waals surface area contributed by atoms with E-state index in [-0.39, 0.29) is 17.6 Å². The molecular weight excluding hydrogens is 244 g/mol. The molecule has 0 aromatic carbocycles. The van der Waals surface area contributed by atoms with E-state index in [0.717, 1.165) is 31.5 Å². The molecule has 0 aliphatic carbocycles. The van der Waals surface area contributed by atoms with Gasteiger partial charge in [-0.3, -0.25) is 9.78 Å². The first-order valence-corrected chi connectivity index (χ1v) is 6.33. The van der Waals surface area contributed by atoms with Gasteiger partial charge in [0.05, 0.1) is 5.56 Å². The molecule has 6 heteroatoms. The molecule has 6 nitrogen and oxygen atoms in total. The van der Waals surface area contributed by atoms with Crippen LogP contribution in [0.25, 0.3) is 11.5 Å². The lowest BCUT2D eigenvalue weighted by Crippen LogP contribution is -2.32. The highest BCUT2D eigenvalue weighted by atomic mass is 16.4. The standard InChI is InChI=1S/C13H14N4O2/c18-11(9-3-6-14-7-4-9)13-17-16-12(19-13)10-2-1-5-15-8-10/h1-2,5,8-9,14H,3-4,6-7H2. The lowest BCUT2D eigenvalue weighted by Gasteiger charge is -2.19. The Labute approximate surface area is 110 Å². The first kappa shape index (κ1) is 12.0. The monoisotopic (exact) mass is 258 g/mol. The van der Waals surface area contributed by atoms with Gasteiger partial charge < -0.3 is 9.73 Å².